The lowest BCUT2D eigenvalue weighted by Crippen LogP contribution is -2.33. The molecule has 1 fully saturated rings. The van der Waals surface area contributed by atoms with Gasteiger partial charge in [0.1, 0.15) is 12.4 Å². The van der Waals surface area contributed by atoms with Crippen molar-refractivity contribution in [2.75, 3.05) is 26.3 Å². The number of hydrogen-bond donors (Lipinski definition) is 0. The SMILES string of the molecule is CC(=NN1CCOCC1)c1ccccc1OCc1ccccc1. The molecule has 4 heteroatoms. The molecule has 0 aromatic heterocycles. The van der Waals surface area contributed by atoms with Gasteiger partial charge in [0.25, 0.3) is 0 Å². The Bertz CT molecular complexity index is 649. The van der Waals surface area contributed by atoms with Crippen LogP contribution in [0.5, 0.6) is 5.75 Å². The molecule has 0 radical (unpaired) electrons. The van der Waals surface area contributed by atoms with Gasteiger partial charge in [-0.3, -0.25) is 5.01 Å². The van der Waals surface area contributed by atoms with Gasteiger partial charge in [0.05, 0.1) is 32.0 Å². The molecule has 23 heavy (non-hydrogen) atoms. The highest BCUT2D eigenvalue weighted by Crippen LogP contribution is 2.21. The van der Waals surface area contributed by atoms with Crippen LogP contribution in [0.15, 0.2) is 59.7 Å². The topological polar surface area (TPSA) is 34.1 Å². The van der Waals surface area contributed by atoms with Crippen molar-refractivity contribution in [3.05, 3.63) is 65.7 Å². The summed E-state index contributed by atoms with van der Waals surface area (Å²) in [4.78, 5) is 0. The molecule has 120 valence electrons. The van der Waals surface area contributed by atoms with E-state index in [1.165, 1.54) is 0 Å². The number of hydrogen-bond acceptors (Lipinski definition) is 4. The minimum atomic E-state index is 0.558. The Kier molecular flexibility index (Phi) is 5.27. The van der Waals surface area contributed by atoms with Gasteiger partial charge in [0.15, 0.2) is 0 Å². The average molecular weight is 310 g/mol. The molecule has 1 heterocycles. The molecule has 0 N–H and O–H groups in total. The molecule has 2 aromatic carbocycles. The fourth-order valence-electron chi connectivity index (χ4n) is 2.55. The van der Waals surface area contributed by atoms with E-state index in [1.54, 1.807) is 0 Å². The van der Waals surface area contributed by atoms with E-state index in [0.29, 0.717) is 6.61 Å². The third-order valence-electron chi connectivity index (χ3n) is 3.79. The van der Waals surface area contributed by atoms with Gasteiger partial charge in [-0.2, -0.15) is 5.10 Å². The van der Waals surface area contributed by atoms with Crippen LogP contribution < -0.4 is 4.74 Å². The Morgan fingerprint density at radius 2 is 1.74 bits per heavy atom. The van der Waals surface area contributed by atoms with Crippen LogP contribution in [0.25, 0.3) is 0 Å². The molecular weight excluding hydrogens is 288 g/mol. The maximum Gasteiger partial charge on any atom is 0.128 e. The second kappa shape index (κ2) is 7.79. The summed E-state index contributed by atoms with van der Waals surface area (Å²) >= 11 is 0. The van der Waals surface area contributed by atoms with Crippen LogP contribution in [0.1, 0.15) is 18.1 Å². The van der Waals surface area contributed by atoms with E-state index in [9.17, 15) is 0 Å². The summed E-state index contributed by atoms with van der Waals surface area (Å²) in [5.74, 6) is 0.867. The standard InChI is InChI=1S/C19H22N2O2/c1-16(20-21-11-13-22-14-12-21)18-9-5-6-10-19(18)23-15-17-7-3-2-4-8-17/h2-10H,11-15H2,1H3. The van der Waals surface area contributed by atoms with Crippen LogP contribution in [0.4, 0.5) is 0 Å². The molecule has 0 aliphatic carbocycles. The molecule has 0 atom stereocenters. The van der Waals surface area contributed by atoms with E-state index >= 15 is 0 Å². The molecular formula is C19H22N2O2. The lowest BCUT2D eigenvalue weighted by atomic mass is 10.1. The lowest BCUT2D eigenvalue weighted by Gasteiger charge is -2.24. The van der Waals surface area contributed by atoms with Crippen molar-refractivity contribution in [1.82, 2.24) is 5.01 Å². The fourth-order valence-corrected chi connectivity index (χ4v) is 2.55. The predicted octanol–water partition coefficient (Wildman–Crippen LogP) is 3.32. The predicted molar refractivity (Wildman–Crippen MR) is 91.8 cm³/mol. The van der Waals surface area contributed by atoms with Crippen molar-refractivity contribution in [2.24, 2.45) is 5.10 Å². The van der Waals surface area contributed by atoms with Gasteiger partial charge >= 0.3 is 0 Å². The Labute approximate surface area is 137 Å². The molecule has 0 spiro atoms. The van der Waals surface area contributed by atoms with Gasteiger partial charge < -0.3 is 9.47 Å². The van der Waals surface area contributed by atoms with Crippen molar-refractivity contribution in [3.8, 4) is 5.75 Å². The highest BCUT2D eigenvalue weighted by atomic mass is 16.5. The third kappa shape index (κ3) is 4.33. The summed E-state index contributed by atoms with van der Waals surface area (Å²) in [6, 6.07) is 18.3. The van der Waals surface area contributed by atoms with Gasteiger partial charge in [-0.15, -0.1) is 0 Å². The number of nitrogens with zero attached hydrogens (tertiary/aromatic N) is 2. The maximum absolute atomic E-state index is 6.01. The van der Waals surface area contributed by atoms with Crippen LogP contribution in [0.3, 0.4) is 0 Å². The van der Waals surface area contributed by atoms with Gasteiger partial charge in [-0.05, 0) is 24.6 Å². The fraction of sp³-hybridized carbons (Fsp3) is 0.316. The molecule has 0 amide bonds. The molecule has 2 aromatic rings. The summed E-state index contributed by atoms with van der Waals surface area (Å²) in [5.41, 5.74) is 3.16. The average Bonchev–Trinajstić information content (AvgIpc) is 2.62. The number of morpholine rings is 1. The van der Waals surface area contributed by atoms with Crippen molar-refractivity contribution in [1.29, 1.82) is 0 Å². The molecule has 0 bridgehead atoms. The van der Waals surface area contributed by atoms with Gasteiger partial charge in [-0.25, -0.2) is 0 Å². The van der Waals surface area contributed by atoms with Crippen LogP contribution in [-0.4, -0.2) is 37.0 Å². The first-order chi connectivity index (χ1) is 11.3. The summed E-state index contributed by atoms with van der Waals surface area (Å²) in [6.07, 6.45) is 0. The molecule has 3 rings (SSSR count). The molecule has 0 unspecified atom stereocenters. The number of hydrazone groups is 1. The molecule has 1 aliphatic heterocycles. The number of ether oxygens (including phenoxy) is 2. The Balaban J connectivity index is 1.73. The number of para-hydroxylation sites is 1. The van der Waals surface area contributed by atoms with E-state index < -0.39 is 0 Å². The van der Waals surface area contributed by atoms with Crippen LogP contribution in [-0.2, 0) is 11.3 Å². The Morgan fingerprint density at radius 1 is 1.04 bits per heavy atom. The first kappa shape index (κ1) is 15.6. The second-order valence-electron chi connectivity index (χ2n) is 5.52. The van der Waals surface area contributed by atoms with Crippen molar-refractivity contribution >= 4 is 5.71 Å². The Hall–Kier alpha value is -2.33. The van der Waals surface area contributed by atoms with E-state index in [-0.39, 0.29) is 0 Å². The maximum atomic E-state index is 6.01. The quantitative estimate of drug-likeness (QED) is 0.795. The van der Waals surface area contributed by atoms with Gasteiger partial charge in [-0.1, -0.05) is 42.5 Å². The summed E-state index contributed by atoms with van der Waals surface area (Å²) < 4.78 is 11.4. The normalized spacial score (nSPS) is 15.5. The van der Waals surface area contributed by atoms with Crippen LogP contribution in [0.2, 0.25) is 0 Å². The van der Waals surface area contributed by atoms with E-state index in [1.807, 2.05) is 43.3 Å². The highest BCUT2D eigenvalue weighted by Gasteiger charge is 2.11. The molecule has 0 saturated carbocycles. The van der Waals surface area contributed by atoms with Gasteiger partial charge in [0, 0.05) is 5.56 Å². The smallest absolute Gasteiger partial charge is 0.128 e. The number of benzene rings is 2. The van der Waals surface area contributed by atoms with E-state index in [0.717, 1.165) is 48.9 Å². The first-order valence-electron chi connectivity index (χ1n) is 7.97. The Morgan fingerprint density at radius 3 is 2.52 bits per heavy atom. The summed E-state index contributed by atoms with van der Waals surface area (Å²) in [6.45, 7) is 5.74. The van der Waals surface area contributed by atoms with Crippen LogP contribution >= 0.6 is 0 Å². The monoisotopic (exact) mass is 310 g/mol. The zero-order chi connectivity index (χ0) is 15.9. The summed E-state index contributed by atoms with van der Waals surface area (Å²) in [7, 11) is 0. The van der Waals surface area contributed by atoms with Crippen molar-refractivity contribution in [2.45, 2.75) is 13.5 Å². The highest BCUT2D eigenvalue weighted by molar-refractivity contribution is 6.00. The first-order valence-corrected chi connectivity index (χ1v) is 7.97. The zero-order valence-electron chi connectivity index (χ0n) is 13.4. The minimum Gasteiger partial charge on any atom is -0.488 e. The largest absolute Gasteiger partial charge is 0.488 e. The van der Waals surface area contributed by atoms with Crippen LogP contribution in [0, 0.1) is 0 Å². The second-order valence-corrected chi connectivity index (χ2v) is 5.52. The third-order valence-corrected chi connectivity index (χ3v) is 3.79. The lowest BCUT2D eigenvalue weighted by molar-refractivity contribution is 0.0393. The minimum absolute atomic E-state index is 0.558. The molecule has 1 saturated heterocycles. The van der Waals surface area contributed by atoms with Crippen molar-refractivity contribution < 1.29 is 9.47 Å². The number of rotatable bonds is 5. The zero-order valence-corrected chi connectivity index (χ0v) is 13.4. The van der Waals surface area contributed by atoms with Crippen molar-refractivity contribution in [3.63, 3.8) is 0 Å². The summed E-state index contributed by atoms with van der Waals surface area (Å²) in [5, 5.41) is 6.77. The molecule has 1 aliphatic rings. The van der Waals surface area contributed by atoms with E-state index in [4.69, 9.17) is 14.6 Å². The van der Waals surface area contributed by atoms with E-state index in [2.05, 4.69) is 23.2 Å². The molecule has 4 nitrogen and oxygen atoms in total. The van der Waals surface area contributed by atoms with Gasteiger partial charge in [0.2, 0.25) is 0 Å².